The highest BCUT2D eigenvalue weighted by Gasteiger charge is 2.09. The number of nitrogens with one attached hydrogen (secondary N) is 2. The van der Waals surface area contributed by atoms with Crippen LogP contribution < -0.4 is 11.3 Å². The molecule has 1 aromatic carbocycles. The summed E-state index contributed by atoms with van der Waals surface area (Å²) in [4.78, 5) is 14.6. The number of hydrogen-bond acceptors (Lipinski definition) is 4. The number of rotatable bonds is 4. The quantitative estimate of drug-likeness (QED) is 0.298. The number of para-hydroxylation sites is 1. The molecule has 6 heteroatoms. The maximum Gasteiger partial charge on any atom is 0.268 e. The molecule has 0 bridgehead atoms. The normalized spacial score (nSPS) is 10.8. The second kappa shape index (κ2) is 5.44. The van der Waals surface area contributed by atoms with Crippen molar-refractivity contribution in [1.82, 2.24) is 10.4 Å². The molecule has 2 aromatic heterocycles. The lowest BCUT2D eigenvalue weighted by Gasteiger charge is -1.94. The van der Waals surface area contributed by atoms with E-state index in [1.54, 1.807) is 17.8 Å². The Morgan fingerprint density at radius 3 is 3.00 bits per heavy atom. The predicted octanol–water partition coefficient (Wildman–Crippen LogP) is 2.66. The lowest BCUT2D eigenvalue weighted by molar-refractivity contribution is 0.0953. The topological polar surface area (TPSA) is 84.0 Å². The summed E-state index contributed by atoms with van der Waals surface area (Å²) in [6.07, 6.45) is 1.41. The summed E-state index contributed by atoms with van der Waals surface area (Å²) in [5.74, 6) is 6.09. The van der Waals surface area contributed by atoms with Gasteiger partial charge >= 0.3 is 0 Å². The van der Waals surface area contributed by atoms with E-state index >= 15 is 0 Å². The molecule has 4 N–H and O–H groups in total. The average molecular weight is 287 g/mol. The van der Waals surface area contributed by atoms with E-state index in [-0.39, 0.29) is 5.91 Å². The molecule has 0 spiro atoms. The fraction of sp³-hybridized carbons (Fsp3) is 0.0714. The maximum absolute atomic E-state index is 11.3. The van der Waals surface area contributed by atoms with E-state index in [2.05, 4.69) is 22.5 Å². The van der Waals surface area contributed by atoms with Gasteiger partial charge in [-0.05, 0) is 18.2 Å². The van der Waals surface area contributed by atoms with Crippen LogP contribution in [-0.4, -0.2) is 10.9 Å². The number of H-pyrrole nitrogens is 1. The van der Waals surface area contributed by atoms with E-state index < -0.39 is 0 Å². The Kier molecular flexibility index (Phi) is 3.49. The van der Waals surface area contributed by atoms with Crippen molar-refractivity contribution < 1.29 is 9.21 Å². The van der Waals surface area contributed by atoms with E-state index in [1.165, 1.54) is 11.6 Å². The number of nitrogen functional groups attached to an aromatic ring is 1. The van der Waals surface area contributed by atoms with Gasteiger partial charge in [0, 0.05) is 10.9 Å². The molecule has 0 fully saturated rings. The first-order chi connectivity index (χ1) is 9.76. The standard InChI is InChI=1S/C14H13N3O2S/c15-17-14(18)10-5-11(19-7-10)8-20-13-6-9-3-1-2-4-12(9)16-13/h1-7,16H,8,15H2,(H,17,18). The van der Waals surface area contributed by atoms with Gasteiger partial charge in [-0.2, -0.15) is 0 Å². The largest absolute Gasteiger partial charge is 0.468 e. The van der Waals surface area contributed by atoms with Gasteiger partial charge in [-0.1, -0.05) is 18.2 Å². The van der Waals surface area contributed by atoms with Crippen molar-refractivity contribution in [2.24, 2.45) is 5.84 Å². The summed E-state index contributed by atoms with van der Waals surface area (Å²) in [6.45, 7) is 0. The van der Waals surface area contributed by atoms with E-state index in [9.17, 15) is 4.79 Å². The molecule has 0 aliphatic rings. The Morgan fingerprint density at radius 1 is 1.35 bits per heavy atom. The molecule has 3 rings (SSSR count). The minimum absolute atomic E-state index is 0.351. The number of benzene rings is 1. The molecule has 0 atom stereocenters. The van der Waals surface area contributed by atoms with Crippen molar-refractivity contribution in [3.05, 3.63) is 54.0 Å². The van der Waals surface area contributed by atoms with Crippen LogP contribution >= 0.6 is 11.8 Å². The number of aromatic amines is 1. The lowest BCUT2D eigenvalue weighted by atomic mass is 10.3. The lowest BCUT2D eigenvalue weighted by Crippen LogP contribution is -2.29. The van der Waals surface area contributed by atoms with Gasteiger partial charge in [0.15, 0.2) is 0 Å². The summed E-state index contributed by atoms with van der Waals surface area (Å²) in [6, 6.07) is 11.9. The number of nitrogens with two attached hydrogens (primary N) is 1. The fourth-order valence-electron chi connectivity index (χ4n) is 1.93. The van der Waals surface area contributed by atoms with Crippen molar-refractivity contribution in [3.63, 3.8) is 0 Å². The molecule has 20 heavy (non-hydrogen) atoms. The molecule has 2 heterocycles. The minimum Gasteiger partial charge on any atom is -0.468 e. The molecule has 0 radical (unpaired) electrons. The van der Waals surface area contributed by atoms with Crippen LogP contribution in [0.1, 0.15) is 16.1 Å². The number of fused-ring (bicyclic) bond motifs is 1. The Balaban J connectivity index is 1.69. The van der Waals surface area contributed by atoms with Crippen LogP contribution in [0.3, 0.4) is 0 Å². The van der Waals surface area contributed by atoms with Crippen LogP contribution in [0, 0.1) is 0 Å². The van der Waals surface area contributed by atoms with Gasteiger partial charge in [0.05, 0.1) is 16.3 Å². The summed E-state index contributed by atoms with van der Waals surface area (Å²) >= 11 is 1.62. The second-order valence-electron chi connectivity index (χ2n) is 4.28. The van der Waals surface area contributed by atoms with Crippen LogP contribution in [-0.2, 0) is 5.75 Å². The third-order valence-electron chi connectivity index (χ3n) is 2.92. The third kappa shape index (κ3) is 2.56. The average Bonchev–Trinajstić information content (AvgIpc) is 3.10. The van der Waals surface area contributed by atoms with Crippen molar-refractivity contribution >= 4 is 28.6 Å². The van der Waals surface area contributed by atoms with E-state index in [4.69, 9.17) is 10.3 Å². The van der Waals surface area contributed by atoms with Gasteiger partial charge in [0.1, 0.15) is 12.0 Å². The van der Waals surface area contributed by atoms with Crippen molar-refractivity contribution in [3.8, 4) is 0 Å². The third-order valence-corrected chi connectivity index (χ3v) is 3.88. The van der Waals surface area contributed by atoms with Crippen LogP contribution in [0.4, 0.5) is 0 Å². The summed E-state index contributed by atoms with van der Waals surface area (Å²) in [5.41, 5.74) is 3.61. The highest BCUT2D eigenvalue weighted by molar-refractivity contribution is 7.98. The van der Waals surface area contributed by atoms with Gasteiger partial charge in [0.25, 0.3) is 5.91 Å². The van der Waals surface area contributed by atoms with E-state index in [0.29, 0.717) is 11.3 Å². The summed E-state index contributed by atoms with van der Waals surface area (Å²) in [5, 5.41) is 2.24. The van der Waals surface area contributed by atoms with Crippen molar-refractivity contribution in [2.45, 2.75) is 10.8 Å². The highest BCUT2D eigenvalue weighted by atomic mass is 32.2. The molecule has 0 saturated heterocycles. The van der Waals surface area contributed by atoms with Crippen molar-refractivity contribution in [2.75, 3.05) is 0 Å². The molecule has 0 saturated carbocycles. The van der Waals surface area contributed by atoms with Gasteiger partial charge in [-0.25, -0.2) is 5.84 Å². The van der Waals surface area contributed by atoms with E-state index in [1.807, 2.05) is 18.2 Å². The zero-order valence-electron chi connectivity index (χ0n) is 10.6. The first kappa shape index (κ1) is 12.8. The van der Waals surface area contributed by atoms with Crippen LogP contribution in [0.15, 0.2) is 52.1 Å². The number of thioether (sulfide) groups is 1. The zero-order valence-corrected chi connectivity index (χ0v) is 11.4. The molecule has 0 unspecified atom stereocenters. The van der Waals surface area contributed by atoms with Gasteiger partial charge < -0.3 is 9.40 Å². The number of hydrogen-bond donors (Lipinski definition) is 3. The van der Waals surface area contributed by atoms with Crippen LogP contribution in [0.2, 0.25) is 0 Å². The smallest absolute Gasteiger partial charge is 0.268 e. The van der Waals surface area contributed by atoms with Gasteiger partial charge in [-0.15, -0.1) is 11.8 Å². The van der Waals surface area contributed by atoms with Gasteiger partial charge in [-0.3, -0.25) is 10.2 Å². The first-order valence-electron chi connectivity index (χ1n) is 6.05. The van der Waals surface area contributed by atoms with Crippen molar-refractivity contribution in [1.29, 1.82) is 0 Å². The molecular formula is C14H13N3O2S. The molecule has 0 aliphatic carbocycles. The number of aromatic nitrogens is 1. The van der Waals surface area contributed by atoms with Crippen LogP contribution in [0.5, 0.6) is 0 Å². The number of amides is 1. The summed E-state index contributed by atoms with van der Waals surface area (Å²) in [7, 11) is 0. The number of hydrazine groups is 1. The molecule has 3 aromatic rings. The van der Waals surface area contributed by atoms with Crippen LogP contribution in [0.25, 0.3) is 10.9 Å². The predicted molar refractivity (Wildman–Crippen MR) is 78.2 cm³/mol. The summed E-state index contributed by atoms with van der Waals surface area (Å²) < 4.78 is 5.33. The Bertz CT molecular complexity index is 715. The molecule has 1 amide bonds. The minimum atomic E-state index is -0.351. The highest BCUT2D eigenvalue weighted by Crippen LogP contribution is 2.26. The first-order valence-corrected chi connectivity index (χ1v) is 7.04. The number of furan rings is 1. The fourth-order valence-corrected chi connectivity index (χ4v) is 2.77. The zero-order chi connectivity index (χ0) is 13.9. The molecular weight excluding hydrogens is 274 g/mol. The SMILES string of the molecule is NNC(=O)c1coc(CSc2cc3ccccc3[nH]2)c1. The van der Waals surface area contributed by atoms with E-state index in [0.717, 1.165) is 16.3 Å². The number of carbonyl (C=O) groups is 1. The second-order valence-corrected chi connectivity index (χ2v) is 5.30. The molecule has 102 valence electrons. The molecule has 5 nitrogen and oxygen atoms in total. The number of carbonyl (C=O) groups excluding carboxylic acids is 1. The molecule has 0 aliphatic heterocycles. The maximum atomic E-state index is 11.3. The monoisotopic (exact) mass is 287 g/mol. The Labute approximate surface area is 119 Å². The Morgan fingerprint density at radius 2 is 2.20 bits per heavy atom. The Hall–Kier alpha value is -2.18. The van der Waals surface area contributed by atoms with Gasteiger partial charge in [0.2, 0.25) is 0 Å².